The van der Waals surface area contributed by atoms with Gasteiger partial charge in [-0.05, 0) is 74.1 Å². The van der Waals surface area contributed by atoms with Gasteiger partial charge in [-0.15, -0.1) is 5.10 Å². The maximum absolute atomic E-state index is 11.9. The highest BCUT2D eigenvalue weighted by molar-refractivity contribution is 8.18. The molecule has 0 aliphatic carbocycles. The summed E-state index contributed by atoms with van der Waals surface area (Å²) in [5.41, 5.74) is 4.70. The first kappa shape index (κ1) is 22.2. The van der Waals surface area contributed by atoms with Gasteiger partial charge in [0.15, 0.2) is 5.17 Å². The van der Waals surface area contributed by atoms with E-state index in [1.807, 2.05) is 0 Å². The number of carbonyl (C=O) groups excluding carboxylic acids is 2. The van der Waals surface area contributed by atoms with Gasteiger partial charge in [0.25, 0.3) is 5.91 Å². The number of hydrogen-bond donors (Lipinski definition) is 1. The molecule has 0 saturated carbocycles. The number of amides is 1. The molecule has 1 amide bonds. The lowest BCUT2D eigenvalue weighted by molar-refractivity contribution is -0.135. The summed E-state index contributed by atoms with van der Waals surface area (Å²) in [7, 11) is 1.26. The van der Waals surface area contributed by atoms with E-state index in [1.165, 1.54) is 36.6 Å². The molecule has 0 radical (unpaired) electrons. The number of hydrogen-bond acceptors (Lipinski definition) is 7. The Morgan fingerprint density at radius 1 is 1.33 bits per heavy atom. The maximum atomic E-state index is 11.9. The van der Waals surface area contributed by atoms with Crippen molar-refractivity contribution in [2.24, 2.45) is 16.1 Å². The van der Waals surface area contributed by atoms with Gasteiger partial charge in [-0.2, -0.15) is 5.10 Å². The molecule has 0 atom stereocenters. The molecule has 2 aliphatic rings. The van der Waals surface area contributed by atoms with Gasteiger partial charge in [0, 0.05) is 12.6 Å². The van der Waals surface area contributed by atoms with Crippen LogP contribution in [0.1, 0.15) is 42.0 Å². The topological polar surface area (TPSA) is 83.4 Å². The van der Waals surface area contributed by atoms with Crippen molar-refractivity contribution in [2.45, 2.75) is 40.2 Å². The van der Waals surface area contributed by atoms with Crippen molar-refractivity contribution < 1.29 is 14.3 Å². The maximum Gasteiger partial charge on any atom is 0.331 e. The van der Waals surface area contributed by atoms with Crippen molar-refractivity contribution in [1.82, 2.24) is 10.2 Å². The highest BCUT2D eigenvalue weighted by atomic mass is 32.2. The Labute approximate surface area is 181 Å². The smallest absolute Gasteiger partial charge is 0.331 e. The van der Waals surface area contributed by atoms with Crippen LogP contribution < -0.4 is 5.32 Å². The lowest BCUT2D eigenvalue weighted by Crippen LogP contribution is -2.32. The van der Waals surface area contributed by atoms with E-state index in [4.69, 9.17) is 0 Å². The van der Waals surface area contributed by atoms with Crippen molar-refractivity contribution in [3.8, 4) is 0 Å². The average Bonchev–Trinajstić information content (AvgIpc) is 3.06. The number of amidine groups is 1. The van der Waals surface area contributed by atoms with Gasteiger partial charge in [0.1, 0.15) is 0 Å². The summed E-state index contributed by atoms with van der Waals surface area (Å²) >= 11 is 1.06. The van der Waals surface area contributed by atoms with Crippen LogP contribution in [0.5, 0.6) is 0 Å². The molecule has 2 fully saturated rings. The van der Waals surface area contributed by atoms with Crippen molar-refractivity contribution in [3.63, 3.8) is 0 Å². The number of nitrogens with one attached hydrogen (secondary N) is 1. The molecule has 0 unspecified atom stereocenters. The fourth-order valence-corrected chi connectivity index (χ4v) is 4.25. The second-order valence-corrected chi connectivity index (χ2v) is 8.87. The molecule has 30 heavy (non-hydrogen) atoms. The van der Waals surface area contributed by atoms with Gasteiger partial charge in [0.05, 0.1) is 18.2 Å². The summed E-state index contributed by atoms with van der Waals surface area (Å²) in [6, 6.07) is 4.33. The van der Waals surface area contributed by atoms with Crippen LogP contribution in [-0.4, -0.2) is 48.4 Å². The summed E-state index contributed by atoms with van der Waals surface area (Å²) in [6.07, 6.45) is 5.37. The normalized spacial score (nSPS) is 21.0. The first-order valence-electron chi connectivity index (χ1n) is 10.1. The molecule has 0 bridgehead atoms. The highest BCUT2D eigenvalue weighted by Crippen LogP contribution is 2.24. The second kappa shape index (κ2) is 10.0. The number of benzene rings is 1. The van der Waals surface area contributed by atoms with Gasteiger partial charge in [0.2, 0.25) is 0 Å². The molecule has 7 nitrogen and oxygen atoms in total. The van der Waals surface area contributed by atoms with E-state index >= 15 is 0 Å². The Kier molecular flexibility index (Phi) is 7.44. The largest absolute Gasteiger partial charge is 0.466 e. The predicted octanol–water partition coefficient (Wildman–Crippen LogP) is 3.15. The molecular weight excluding hydrogens is 400 g/mol. The monoisotopic (exact) mass is 428 g/mol. The minimum Gasteiger partial charge on any atom is -0.466 e. The van der Waals surface area contributed by atoms with Crippen LogP contribution in [-0.2, 0) is 20.9 Å². The van der Waals surface area contributed by atoms with Crippen LogP contribution in [0.2, 0.25) is 0 Å². The van der Waals surface area contributed by atoms with Crippen LogP contribution >= 0.6 is 11.8 Å². The molecule has 2 aliphatic heterocycles. The summed E-state index contributed by atoms with van der Waals surface area (Å²) in [6.45, 7) is 9.75. The van der Waals surface area contributed by atoms with Gasteiger partial charge >= 0.3 is 5.97 Å². The van der Waals surface area contributed by atoms with Crippen LogP contribution in [0.3, 0.4) is 0 Å². The van der Waals surface area contributed by atoms with Crippen LogP contribution in [0.15, 0.2) is 33.3 Å². The van der Waals surface area contributed by atoms with Gasteiger partial charge < -0.3 is 4.74 Å². The van der Waals surface area contributed by atoms with E-state index in [0.717, 1.165) is 49.0 Å². The first-order chi connectivity index (χ1) is 14.4. The summed E-state index contributed by atoms with van der Waals surface area (Å²) in [5.74, 6) is -0.147. The molecule has 1 aromatic carbocycles. The number of ether oxygens (including phenoxy) is 1. The van der Waals surface area contributed by atoms with Gasteiger partial charge in [-0.3, -0.25) is 15.0 Å². The van der Waals surface area contributed by atoms with E-state index < -0.39 is 5.97 Å². The molecule has 1 N–H and O–H groups in total. The van der Waals surface area contributed by atoms with E-state index in [9.17, 15) is 9.59 Å². The molecular formula is C22H28N4O3S. The van der Waals surface area contributed by atoms with Gasteiger partial charge in [-0.25, -0.2) is 4.79 Å². The average molecular weight is 429 g/mol. The van der Waals surface area contributed by atoms with Crippen molar-refractivity contribution in [2.75, 3.05) is 20.2 Å². The number of esters is 1. The van der Waals surface area contributed by atoms with Crippen molar-refractivity contribution >= 4 is 35.0 Å². The number of methoxy groups -OCH3 is 1. The SMILES string of the molecule is COC(=O)/C=C1/S/C(=N\N=Cc2cc(C)cc(CN3CCC(C)CC3)c2C)NC1=O. The van der Waals surface area contributed by atoms with E-state index in [-0.39, 0.29) is 10.8 Å². The van der Waals surface area contributed by atoms with Crippen LogP contribution in [0, 0.1) is 19.8 Å². The van der Waals surface area contributed by atoms with E-state index in [1.54, 1.807) is 6.21 Å². The quantitative estimate of drug-likeness (QED) is 0.337. The van der Waals surface area contributed by atoms with Crippen LogP contribution in [0.25, 0.3) is 0 Å². The minimum absolute atomic E-state index is 0.237. The Bertz CT molecular complexity index is 915. The third kappa shape index (κ3) is 5.79. The van der Waals surface area contributed by atoms with Crippen LogP contribution in [0.4, 0.5) is 0 Å². The molecule has 2 saturated heterocycles. The molecule has 0 aromatic heterocycles. The number of carbonyl (C=O) groups is 2. The molecule has 160 valence electrons. The van der Waals surface area contributed by atoms with E-state index in [2.05, 4.69) is 58.1 Å². The Morgan fingerprint density at radius 2 is 2.07 bits per heavy atom. The van der Waals surface area contributed by atoms with Gasteiger partial charge in [-0.1, -0.05) is 24.6 Å². The number of rotatable bonds is 5. The zero-order chi connectivity index (χ0) is 21.7. The number of likely N-dealkylation sites (tertiary alicyclic amines) is 1. The lowest BCUT2D eigenvalue weighted by atomic mass is 9.96. The number of aryl methyl sites for hydroxylation is 1. The molecule has 8 heteroatoms. The third-order valence-corrected chi connectivity index (χ3v) is 6.32. The lowest BCUT2D eigenvalue weighted by Gasteiger charge is -2.30. The summed E-state index contributed by atoms with van der Waals surface area (Å²) < 4.78 is 4.55. The molecule has 1 aromatic rings. The number of nitrogens with zero attached hydrogens (tertiary/aromatic N) is 3. The minimum atomic E-state index is -0.580. The van der Waals surface area contributed by atoms with Crippen molar-refractivity contribution in [1.29, 1.82) is 0 Å². The number of piperidine rings is 1. The Hall–Kier alpha value is -2.45. The Balaban J connectivity index is 1.70. The third-order valence-electron chi connectivity index (χ3n) is 5.42. The molecule has 2 heterocycles. The zero-order valence-corrected chi connectivity index (χ0v) is 18.7. The highest BCUT2D eigenvalue weighted by Gasteiger charge is 2.25. The summed E-state index contributed by atoms with van der Waals surface area (Å²) in [4.78, 5) is 25.9. The molecule has 3 rings (SSSR count). The zero-order valence-electron chi connectivity index (χ0n) is 17.9. The van der Waals surface area contributed by atoms with E-state index in [0.29, 0.717) is 5.17 Å². The molecule has 0 spiro atoms. The second-order valence-electron chi connectivity index (χ2n) is 7.83. The first-order valence-corrected chi connectivity index (χ1v) is 10.9. The van der Waals surface area contributed by atoms with Crippen molar-refractivity contribution in [3.05, 3.63) is 45.4 Å². The number of thioether (sulfide) groups is 1. The Morgan fingerprint density at radius 3 is 2.77 bits per heavy atom. The fraction of sp³-hybridized carbons (Fsp3) is 0.455. The standard InChI is InChI=1S/C22H28N4O3S/c1-14-5-7-26(8-6-14)13-18-10-15(2)9-17(16(18)3)12-23-25-22-24-21(28)19(30-22)11-20(27)29-4/h9-12,14H,5-8,13H2,1-4H3,(H,24,25,28)/b19-11+,23-12?. The fourth-order valence-electron chi connectivity index (χ4n) is 3.51. The summed E-state index contributed by atoms with van der Waals surface area (Å²) in [5, 5.41) is 11.2. The predicted molar refractivity (Wildman–Crippen MR) is 120 cm³/mol.